The molecule has 4 heterocycles. The van der Waals surface area contributed by atoms with Gasteiger partial charge in [0, 0.05) is 36.2 Å². The summed E-state index contributed by atoms with van der Waals surface area (Å²) in [6.45, 7) is 7.30. The van der Waals surface area contributed by atoms with Gasteiger partial charge < -0.3 is 14.6 Å². The molecule has 1 saturated heterocycles. The molecule has 1 fully saturated rings. The Balaban J connectivity index is 1.36. The lowest BCUT2D eigenvalue weighted by molar-refractivity contribution is 0.102. The Labute approximate surface area is 177 Å². The molecule has 0 radical (unpaired) electrons. The van der Waals surface area contributed by atoms with Crippen molar-refractivity contribution >= 4 is 34.0 Å². The molecule has 1 aliphatic rings. The average Bonchev–Trinajstić information content (AvgIpc) is 3.47. The van der Waals surface area contributed by atoms with E-state index in [2.05, 4.69) is 20.7 Å². The van der Waals surface area contributed by atoms with Crippen LogP contribution in [0.25, 0.3) is 5.82 Å². The van der Waals surface area contributed by atoms with E-state index in [0.29, 0.717) is 17.1 Å². The number of ether oxygens (including phenoxy) is 1. The molecule has 154 valence electrons. The second kappa shape index (κ2) is 8.68. The molecule has 3 aromatic rings. The molecular weight excluding hydrogens is 410 g/mol. The number of aromatic nitrogens is 4. The largest absolute Gasteiger partial charge is 0.376 e. The number of hydrogen-bond acceptors (Lipinski definition) is 9. The number of thioether (sulfide) groups is 1. The minimum atomic E-state index is 0.0543. The number of anilines is 1. The first kappa shape index (κ1) is 20.1. The average molecular weight is 434 g/mol. The third-order valence-corrected chi connectivity index (χ3v) is 6.83. The Bertz CT molecular complexity index is 1000. The van der Waals surface area contributed by atoms with E-state index in [4.69, 9.17) is 9.26 Å². The van der Waals surface area contributed by atoms with Gasteiger partial charge in [0.15, 0.2) is 15.9 Å². The van der Waals surface area contributed by atoms with Crippen molar-refractivity contribution in [3.8, 4) is 5.82 Å². The monoisotopic (exact) mass is 433 g/mol. The van der Waals surface area contributed by atoms with Crippen molar-refractivity contribution in [1.82, 2.24) is 19.9 Å². The van der Waals surface area contributed by atoms with Crippen molar-refractivity contribution in [3.05, 3.63) is 34.8 Å². The number of ketones is 1. The van der Waals surface area contributed by atoms with Gasteiger partial charge in [-0.3, -0.25) is 9.36 Å². The number of carbonyl (C=O) groups is 1. The molecule has 0 amide bonds. The number of nitrogens with zero attached hydrogens (tertiary/aromatic N) is 4. The fourth-order valence-electron chi connectivity index (χ4n) is 3.41. The van der Waals surface area contributed by atoms with Gasteiger partial charge in [-0.05, 0) is 39.7 Å². The highest BCUT2D eigenvalue weighted by atomic mass is 32.2. The van der Waals surface area contributed by atoms with Crippen LogP contribution in [-0.4, -0.2) is 50.7 Å². The summed E-state index contributed by atoms with van der Waals surface area (Å²) in [5.74, 6) is 1.78. The van der Waals surface area contributed by atoms with Gasteiger partial charge in [0.2, 0.25) is 5.13 Å². The van der Waals surface area contributed by atoms with Crippen LogP contribution in [0.2, 0.25) is 0 Å². The molecule has 0 unspecified atom stereocenters. The smallest absolute Gasteiger partial charge is 0.206 e. The van der Waals surface area contributed by atoms with Crippen molar-refractivity contribution in [2.75, 3.05) is 24.2 Å². The van der Waals surface area contributed by atoms with Crippen LogP contribution in [0.4, 0.5) is 5.13 Å². The number of hydrogen-bond donors (Lipinski definition) is 1. The normalized spacial score (nSPS) is 16.4. The molecule has 3 aromatic heterocycles. The van der Waals surface area contributed by atoms with Crippen LogP contribution in [-0.2, 0) is 4.74 Å². The van der Waals surface area contributed by atoms with Crippen LogP contribution in [0.5, 0.6) is 0 Å². The molecule has 29 heavy (non-hydrogen) atoms. The van der Waals surface area contributed by atoms with Crippen molar-refractivity contribution in [1.29, 1.82) is 0 Å². The zero-order chi connectivity index (χ0) is 20.4. The van der Waals surface area contributed by atoms with Crippen LogP contribution in [0, 0.1) is 20.8 Å². The van der Waals surface area contributed by atoms with Gasteiger partial charge in [-0.1, -0.05) is 28.3 Å². The SMILES string of the molecule is Cc1cc(-n2c(C)cc(C(=O)CSc3nnc(NC[C@H]4CCCO4)s3)c2C)no1. The maximum Gasteiger partial charge on any atom is 0.206 e. The zero-order valence-corrected chi connectivity index (χ0v) is 18.2. The molecule has 1 atom stereocenters. The summed E-state index contributed by atoms with van der Waals surface area (Å²) in [7, 11) is 0. The summed E-state index contributed by atoms with van der Waals surface area (Å²) in [4.78, 5) is 12.8. The molecule has 4 rings (SSSR count). The van der Waals surface area contributed by atoms with E-state index < -0.39 is 0 Å². The van der Waals surface area contributed by atoms with Crippen LogP contribution < -0.4 is 5.32 Å². The first-order chi connectivity index (χ1) is 14.0. The molecule has 8 nitrogen and oxygen atoms in total. The van der Waals surface area contributed by atoms with Gasteiger partial charge in [-0.15, -0.1) is 10.2 Å². The van der Waals surface area contributed by atoms with E-state index in [1.807, 2.05) is 37.5 Å². The third kappa shape index (κ3) is 4.54. The highest BCUT2D eigenvalue weighted by molar-refractivity contribution is 8.01. The molecule has 1 aliphatic heterocycles. The standard InChI is InChI=1S/C19H23N5O3S2/c1-11-7-15(13(3)24(11)17-8-12(2)27-23-17)16(25)10-28-19-22-21-18(29-19)20-9-14-5-4-6-26-14/h7-8,14H,4-6,9-10H2,1-3H3,(H,20,21)/t14-/m1/s1. The Hall–Kier alpha value is -2.17. The molecule has 10 heteroatoms. The van der Waals surface area contributed by atoms with Crippen molar-refractivity contribution < 1.29 is 14.1 Å². The number of Topliss-reactive ketones (excluding diaryl/α,β-unsaturated/α-hetero) is 1. The molecule has 0 aliphatic carbocycles. The molecular formula is C19H23N5O3S2. The maximum absolute atomic E-state index is 12.8. The highest BCUT2D eigenvalue weighted by Crippen LogP contribution is 2.28. The predicted octanol–water partition coefficient (Wildman–Crippen LogP) is 3.81. The Kier molecular flexibility index (Phi) is 6.02. The summed E-state index contributed by atoms with van der Waals surface area (Å²) >= 11 is 2.87. The van der Waals surface area contributed by atoms with Crippen LogP contribution in [0.1, 0.15) is 40.3 Å². The zero-order valence-electron chi connectivity index (χ0n) is 16.6. The van der Waals surface area contributed by atoms with E-state index >= 15 is 0 Å². The highest BCUT2D eigenvalue weighted by Gasteiger charge is 2.20. The van der Waals surface area contributed by atoms with Crippen molar-refractivity contribution in [3.63, 3.8) is 0 Å². The first-order valence-corrected chi connectivity index (χ1v) is 11.3. The van der Waals surface area contributed by atoms with E-state index in [1.54, 1.807) is 0 Å². The Morgan fingerprint density at radius 1 is 1.34 bits per heavy atom. The molecule has 0 aromatic carbocycles. The van der Waals surface area contributed by atoms with Gasteiger partial charge in [-0.25, -0.2) is 0 Å². The molecule has 0 bridgehead atoms. The summed E-state index contributed by atoms with van der Waals surface area (Å²) in [6.07, 6.45) is 2.44. The molecule has 0 spiro atoms. The molecule has 0 saturated carbocycles. The van der Waals surface area contributed by atoms with Crippen LogP contribution in [0.3, 0.4) is 0 Å². The van der Waals surface area contributed by atoms with Crippen LogP contribution in [0.15, 0.2) is 21.0 Å². The number of aryl methyl sites for hydroxylation is 2. The number of rotatable bonds is 8. The van der Waals surface area contributed by atoms with Crippen molar-refractivity contribution in [2.45, 2.75) is 44.1 Å². The second-order valence-corrected chi connectivity index (χ2v) is 9.22. The minimum Gasteiger partial charge on any atom is -0.376 e. The quantitative estimate of drug-likeness (QED) is 0.423. The Morgan fingerprint density at radius 2 is 2.21 bits per heavy atom. The van der Waals surface area contributed by atoms with Gasteiger partial charge in [0.1, 0.15) is 5.76 Å². The topological polar surface area (TPSA) is 95.1 Å². The van der Waals surface area contributed by atoms with E-state index in [-0.39, 0.29) is 11.9 Å². The lowest BCUT2D eigenvalue weighted by Crippen LogP contribution is -2.18. The summed E-state index contributed by atoms with van der Waals surface area (Å²) in [5.41, 5.74) is 2.50. The lowest BCUT2D eigenvalue weighted by Gasteiger charge is -2.08. The molecule has 1 N–H and O–H groups in total. The van der Waals surface area contributed by atoms with Gasteiger partial charge >= 0.3 is 0 Å². The van der Waals surface area contributed by atoms with Gasteiger partial charge in [0.05, 0.1) is 11.9 Å². The van der Waals surface area contributed by atoms with E-state index in [9.17, 15) is 4.79 Å². The maximum atomic E-state index is 12.8. The van der Waals surface area contributed by atoms with Gasteiger partial charge in [-0.2, -0.15) is 0 Å². The second-order valence-electron chi connectivity index (χ2n) is 7.02. The van der Waals surface area contributed by atoms with Crippen molar-refractivity contribution in [2.24, 2.45) is 0 Å². The number of carbonyl (C=O) groups excluding carboxylic acids is 1. The fourth-order valence-corrected chi connectivity index (χ4v) is 5.05. The lowest BCUT2D eigenvalue weighted by atomic mass is 10.2. The van der Waals surface area contributed by atoms with E-state index in [0.717, 1.165) is 52.6 Å². The number of nitrogens with one attached hydrogen (secondary N) is 1. The summed E-state index contributed by atoms with van der Waals surface area (Å²) in [5, 5.41) is 16.4. The third-order valence-electron chi connectivity index (χ3n) is 4.81. The Morgan fingerprint density at radius 3 is 2.93 bits per heavy atom. The summed E-state index contributed by atoms with van der Waals surface area (Å²) < 4.78 is 13.5. The van der Waals surface area contributed by atoms with E-state index in [1.165, 1.54) is 23.1 Å². The minimum absolute atomic E-state index is 0.0543. The van der Waals surface area contributed by atoms with Crippen LogP contribution >= 0.6 is 23.1 Å². The summed E-state index contributed by atoms with van der Waals surface area (Å²) in [6, 6.07) is 3.76. The first-order valence-electron chi connectivity index (χ1n) is 9.49. The fraction of sp³-hybridized carbons (Fsp3) is 0.474. The van der Waals surface area contributed by atoms with Gasteiger partial charge in [0.25, 0.3) is 0 Å². The predicted molar refractivity (Wildman–Crippen MR) is 112 cm³/mol.